The number of nitrogens with zero attached hydrogens (tertiary/aromatic N) is 1. The quantitative estimate of drug-likeness (QED) is 0.867. The Morgan fingerprint density at radius 1 is 1.59 bits per heavy atom. The van der Waals surface area contributed by atoms with E-state index < -0.39 is 0 Å². The number of carbonyl (C=O) groups excluding carboxylic acids is 1. The Morgan fingerprint density at radius 2 is 2.41 bits per heavy atom. The van der Waals surface area contributed by atoms with Gasteiger partial charge in [0.05, 0.1) is 6.26 Å². The maximum Gasteiger partial charge on any atom is 0.289 e. The van der Waals surface area contributed by atoms with Gasteiger partial charge in [0, 0.05) is 13.1 Å². The molecule has 1 amide bonds. The van der Waals surface area contributed by atoms with E-state index in [9.17, 15) is 4.79 Å². The summed E-state index contributed by atoms with van der Waals surface area (Å²) in [6.45, 7) is 4.82. The number of furan rings is 1. The van der Waals surface area contributed by atoms with Crippen LogP contribution < -0.4 is 5.32 Å². The fraction of sp³-hybridized carbons (Fsp3) is 0.615. The van der Waals surface area contributed by atoms with Crippen molar-refractivity contribution < 1.29 is 9.21 Å². The molecule has 2 heterocycles. The highest BCUT2D eigenvalue weighted by molar-refractivity contribution is 5.91. The molecule has 2 rings (SSSR count). The largest absolute Gasteiger partial charge is 0.459 e. The SMILES string of the molecule is CNCC1CC(C)CN(C(=O)c2ccco2)C1. The number of likely N-dealkylation sites (tertiary alicyclic amines) is 1. The number of nitrogens with one attached hydrogen (secondary N) is 1. The Morgan fingerprint density at radius 3 is 3.06 bits per heavy atom. The Kier molecular flexibility index (Phi) is 3.84. The third-order valence-electron chi connectivity index (χ3n) is 3.26. The number of hydrogen-bond donors (Lipinski definition) is 1. The van der Waals surface area contributed by atoms with Crippen LogP contribution in [0.1, 0.15) is 23.9 Å². The first-order valence-corrected chi connectivity index (χ1v) is 6.18. The van der Waals surface area contributed by atoms with Crippen LogP contribution in [0.15, 0.2) is 22.8 Å². The summed E-state index contributed by atoms with van der Waals surface area (Å²) >= 11 is 0. The van der Waals surface area contributed by atoms with Crippen molar-refractivity contribution in [3.05, 3.63) is 24.2 Å². The number of piperidine rings is 1. The zero-order chi connectivity index (χ0) is 12.3. The van der Waals surface area contributed by atoms with Crippen LogP contribution in [-0.2, 0) is 0 Å². The van der Waals surface area contributed by atoms with Crippen molar-refractivity contribution in [1.29, 1.82) is 0 Å². The zero-order valence-electron chi connectivity index (χ0n) is 10.5. The summed E-state index contributed by atoms with van der Waals surface area (Å²) in [5, 5.41) is 3.19. The molecule has 1 N–H and O–H groups in total. The lowest BCUT2D eigenvalue weighted by molar-refractivity contribution is 0.0579. The molecule has 17 heavy (non-hydrogen) atoms. The van der Waals surface area contributed by atoms with Gasteiger partial charge in [0.25, 0.3) is 5.91 Å². The predicted molar refractivity (Wildman–Crippen MR) is 65.8 cm³/mol. The van der Waals surface area contributed by atoms with Gasteiger partial charge in [0.1, 0.15) is 0 Å². The van der Waals surface area contributed by atoms with Crippen molar-refractivity contribution in [3.8, 4) is 0 Å². The molecular weight excluding hydrogens is 216 g/mol. The first-order chi connectivity index (χ1) is 8.20. The highest BCUT2D eigenvalue weighted by Gasteiger charge is 2.28. The van der Waals surface area contributed by atoms with E-state index in [1.165, 1.54) is 6.42 Å². The summed E-state index contributed by atoms with van der Waals surface area (Å²) in [6.07, 6.45) is 2.73. The van der Waals surface area contributed by atoms with Crippen molar-refractivity contribution in [2.24, 2.45) is 11.8 Å². The van der Waals surface area contributed by atoms with Crippen LogP contribution in [-0.4, -0.2) is 37.5 Å². The fourth-order valence-corrected chi connectivity index (χ4v) is 2.64. The number of rotatable bonds is 3. The maximum absolute atomic E-state index is 12.2. The molecule has 0 aromatic carbocycles. The van der Waals surface area contributed by atoms with E-state index in [4.69, 9.17) is 4.42 Å². The van der Waals surface area contributed by atoms with Crippen molar-refractivity contribution in [2.45, 2.75) is 13.3 Å². The van der Waals surface area contributed by atoms with Gasteiger partial charge in [-0.3, -0.25) is 4.79 Å². The summed E-state index contributed by atoms with van der Waals surface area (Å²) in [4.78, 5) is 14.1. The molecule has 4 heteroatoms. The Balaban J connectivity index is 2.02. The molecular formula is C13H20N2O2. The molecule has 2 unspecified atom stereocenters. The zero-order valence-corrected chi connectivity index (χ0v) is 10.5. The van der Waals surface area contributed by atoms with Crippen molar-refractivity contribution in [2.75, 3.05) is 26.7 Å². The molecule has 1 fully saturated rings. The standard InChI is InChI=1S/C13H20N2O2/c1-10-6-11(7-14-2)9-15(8-10)13(16)12-4-3-5-17-12/h3-5,10-11,14H,6-9H2,1-2H3. The molecule has 0 bridgehead atoms. The average Bonchev–Trinajstić information content (AvgIpc) is 2.81. The van der Waals surface area contributed by atoms with Gasteiger partial charge in [-0.2, -0.15) is 0 Å². The Bertz CT molecular complexity index is 362. The van der Waals surface area contributed by atoms with Gasteiger partial charge in [-0.25, -0.2) is 0 Å². The van der Waals surface area contributed by atoms with Gasteiger partial charge < -0.3 is 14.6 Å². The molecule has 0 aliphatic carbocycles. The molecule has 1 saturated heterocycles. The minimum Gasteiger partial charge on any atom is -0.459 e. The van der Waals surface area contributed by atoms with Gasteiger partial charge in [0.2, 0.25) is 0 Å². The molecule has 2 atom stereocenters. The van der Waals surface area contributed by atoms with Crippen molar-refractivity contribution in [1.82, 2.24) is 10.2 Å². The van der Waals surface area contributed by atoms with Crippen LogP contribution in [0.2, 0.25) is 0 Å². The summed E-state index contributed by atoms with van der Waals surface area (Å²) < 4.78 is 5.17. The normalized spacial score (nSPS) is 24.9. The van der Waals surface area contributed by atoms with E-state index in [1.807, 2.05) is 11.9 Å². The molecule has 1 aromatic rings. The molecule has 1 aromatic heterocycles. The lowest BCUT2D eigenvalue weighted by atomic mass is 9.90. The van der Waals surface area contributed by atoms with E-state index >= 15 is 0 Å². The van der Waals surface area contributed by atoms with Crippen LogP contribution >= 0.6 is 0 Å². The fourth-order valence-electron chi connectivity index (χ4n) is 2.64. The van der Waals surface area contributed by atoms with Gasteiger partial charge >= 0.3 is 0 Å². The number of hydrogen-bond acceptors (Lipinski definition) is 3. The van der Waals surface area contributed by atoms with Crippen LogP contribution in [0.25, 0.3) is 0 Å². The minimum atomic E-state index is 0.0163. The van der Waals surface area contributed by atoms with E-state index in [0.717, 1.165) is 19.6 Å². The first kappa shape index (κ1) is 12.2. The van der Waals surface area contributed by atoms with E-state index in [2.05, 4.69) is 12.2 Å². The molecule has 4 nitrogen and oxygen atoms in total. The highest BCUT2D eigenvalue weighted by atomic mass is 16.3. The summed E-state index contributed by atoms with van der Waals surface area (Å²) in [6, 6.07) is 3.49. The van der Waals surface area contributed by atoms with Crippen molar-refractivity contribution in [3.63, 3.8) is 0 Å². The van der Waals surface area contributed by atoms with E-state index in [0.29, 0.717) is 17.6 Å². The van der Waals surface area contributed by atoms with Gasteiger partial charge in [0.15, 0.2) is 5.76 Å². The summed E-state index contributed by atoms with van der Waals surface area (Å²) in [7, 11) is 1.96. The Hall–Kier alpha value is -1.29. The molecule has 0 radical (unpaired) electrons. The minimum absolute atomic E-state index is 0.0163. The van der Waals surface area contributed by atoms with E-state index in [1.54, 1.807) is 18.4 Å². The number of amides is 1. The number of carbonyl (C=O) groups is 1. The Labute approximate surface area is 102 Å². The monoisotopic (exact) mass is 236 g/mol. The lowest BCUT2D eigenvalue weighted by Crippen LogP contribution is -2.45. The summed E-state index contributed by atoms with van der Waals surface area (Å²) in [5.74, 6) is 1.56. The molecule has 0 saturated carbocycles. The van der Waals surface area contributed by atoms with Gasteiger partial charge in [-0.05, 0) is 44.0 Å². The van der Waals surface area contributed by atoms with Crippen LogP contribution in [0.3, 0.4) is 0 Å². The van der Waals surface area contributed by atoms with Crippen LogP contribution in [0, 0.1) is 11.8 Å². The van der Waals surface area contributed by atoms with Crippen LogP contribution in [0.4, 0.5) is 0 Å². The first-order valence-electron chi connectivity index (χ1n) is 6.18. The molecule has 1 aliphatic rings. The average molecular weight is 236 g/mol. The second-order valence-electron chi connectivity index (χ2n) is 4.95. The van der Waals surface area contributed by atoms with Crippen molar-refractivity contribution >= 4 is 5.91 Å². The maximum atomic E-state index is 12.2. The molecule has 0 spiro atoms. The third-order valence-corrected chi connectivity index (χ3v) is 3.26. The van der Waals surface area contributed by atoms with Gasteiger partial charge in [-0.1, -0.05) is 6.92 Å². The molecule has 94 valence electrons. The van der Waals surface area contributed by atoms with Gasteiger partial charge in [-0.15, -0.1) is 0 Å². The lowest BCUT2D eigenvalue weighted by Gasteiger charge is -2.36. The smallest absolute Gasteiger partial charge is 0.289 e. The highest BCUT2D eigenvalue weighted by Crippen LogP contribution is 2.22. The predicted octanol–water partition coefficient (Wildman–Crippen LogP) is 1.60. The molecule has 1 aliphatic heterocycles. The van der Waals surface area contributed by atoms with E-state index in [-0.39, 0.29) is 5.91 Å². The van der Waals surface area contributed by atoms with Crippen LogP contribution in [0.5, 0.6) is 0 Å². The third kappa shape index (κ3) is 2.88. The topological polar surface area (TPSA) is 45.5 Å². The second kappa shape index (κ2) is 5.36. The second-order valence-corrected chi connectivity index (χ2v) is 4.95. The summed E-state index contributed by atoms with van der Waals surface area (Å²) in [5.41, 5.74) is 0.